The van der Waals surface area contributed by atoms with Gasteiger partial charge in [-0.2, -0.15) is 0 Å². The second-order valence-corrected chi connectivity index (χ2v) is 4.14. The Labute approximate surface area is 84.8 Å². The van der Waals surface area contributed by atoms with Crippen molar-refractivity contribution in [3.63, 3.8) is 0 Å². The predicted molar refractivity (Wildman–Crippen MR) is 53.8 cm³/mol. The third-order valence-electron chi connectivity index (χ3n) is 2.60. The van der Waals surface area contributed by atoms with Gasteiger partial charge >= 0.3 is 5.97 Å². The van der Waals surface area contributed by atoms with Crippen molar-refractivity contribution in [2.45, 2.75) is 44.6 Å². The molecule has 1 rings (SSSR count). The Hall–Kier alpha value is -0.830. The van der Waals surface area contributed by atoms with Gasteiger partial charge in [-0.25, -0.2) is 4.79 Å². The molecule has 0 heterocycles. The maximum absolute atomic E-state index is 11.1. The van der Waals surface area contributed by atoms with Crippen LogP contribution in [0.15, 0.2) is 12.2 Å². The number of hydrogen-bond acceptors (Lipinski definition) is 3. The van der Waals surface area contributed by atoms with Crippen LogP contribution < -0.4 is 0 Å². The van der Waals surface area contributed by atoms with Gasteiger partial charge in [-0.05, 0) is 19.8 Å². The summed E-state index contributed by atoms with van der Waals surface area (Å²) in [4.78, 5) is 11.1. The Morgan fingerprint density at radius 2 is 2.00 bits per heavy atom. The third kappa shape index (κ3) is 3.14. The number of ether oxygens (including phenoxy) is 1. The molecule has 0 radical (unpaired) electrons. The summed E-state index contributed by atoms with van der Waals surface area (Å²) in [5.74, 6) is -0.413. The Morgan fingerprint density at radius 1 is 1.43 bits per heavy atom. The zero-order valence-electron chi connectivity index (χ0n) is 8.71. The van der Waals surface area contributed by atoms with E-state index in [2.05, 4.69) is 6.58 Å². The largest absolute Gasteiger partial charge is 0.459 e. The maximum Gasteiger partial charge on any atom is 0.333 e. The average Bonchev–Trinajstić information content (AvgIpc) is 2.15. The number of hydrogen-bond donors (Lipinski definition) is 1. The van der Waals surface area contributed by atoms with Crippen molar-refractivity contribution in [3.05, 3.63) is 12.2 Å². The lowest BCUT2D eigenvalue weighted by Crippen LogP contribution is -2.37. The van der Waals surface area contributed by atoms with Gasteiger partial charge < -0.3 is 9.84 Å². The van der Waals surface area contributed by atoms with Crippen molar-refractivity contribution in [1.29, 1.82) is 0 Å². The molecule has 1 fully saturated rings. The highest BCUT2D eigenvalue weighted by atomic mass is 16.5. The smallest absolute Gasteiger partial charge is 0.333 e. The molecular weight excluding hydrogens is 180 g/mol. The number of carbonyl (C=O) groups is 1. The van der Waals surface area contributed by atoms with Crippen molar-refractivity contribution in [2.75, 3.05) is 6.61 Å². The minimum atomic E-state index is -0.788. The first-order valence-electron chi connectivity index (χ1n) is 5.08. The van der Waals surface area contributed by atoms with Crippen molar-refractivity contribution >= 4 is 5.97 Å². The fourth-order valence-corrected chi connectivity index (χ4v) is 1.68. The zero-order valence-corrected chi connectivity index (χ0v) is 8.71. The van der Waals surface area contributed by atoms with Crippen LogP contribution >= 0.6 is 0 Å². The summed E-state index contributed by atoms with van der Waals surface area (Å²) in [6.07, 6.45) is 4.66. The van der Waals surface area contributed by atoms with E-state index in [0.29, 0.717) is 5.57 Å². The maximum atomic E-state index is 11.1. The van der Waals surface area contributed by atoms with Crippen molar-refractivity contribution in [2.24, 2.45) is 0 Å². The highest BCUT2D eigenvalue weighted by molar-refractivity contribution is 5.86. The van der Waals surface area contributed by atoms with Gasteiger partial charge in [0.05, 0.1) is 5.60 Å². The fraction of sp³-hybridized carbons (Fsp3) is 0.727. The fourth-order valence-electron chi connectivity index (χ4n) is 1.68. The monoisotopic (exact) mass is 198 g/mol. The van der Waals surface area contributed by atoms with E-state index in [1.54, 1.807) is 6.92 Å². The van der Waals surface area contributed by atoms with Crippen molar-refractivity contribution in [1.82, 2.24) is 0 Å². The predicted octanol–water partition coefficient (Wildman–Crippen LogP) is 1.80. The van der Waals surface area contributed by atoms with E-state index < -0.39 is 11.6 Å². The molecule has 0 amide bonds. The minimum absolute atomic E-state index is 0.110. The third-order valence-corrected chi connectivity index (χ3v) is 2.60. The summed E-state index contributed by atoms with van der Waals surface area (Å²) in [5, 5.41) is 10.00. The van der Waals surface area contributed by atoms with Crippen LogP contribution in [0.3, 0.4) is 0 Å². The van der Waals surface area contributed by atoms with Gasteiger partial charge in [0.2, 0.25) is 0 Å². The van der Waals surface area contributed by atoms with Gasteiger partial charge in [-0.15, -0.1) is 0 Å². The first-order chi connectivity index (χ1) is 6.53. The molecule has 0 saturated heterocycles. The quantitative estimate of drug-likeness (QED) is 0.555. The van der Waals surface area contributed by atoms with Gasteiger partial charge in [-0.3, -0.25) is 0 Å². The van der Waals surface area contributed by atoms with E-state index in [1.807, 2.05) is 0 Å². The average molecular weight is 198 g/mol. The first-order valence-corrected chi connectivity index (χ1v) is 5.08. The molecule has 0 aromatic rings. The summed E-state index contributed by atoms with van der Waals surface area (Å²) < 4.78 is 4.96. The molecule has 1 aliphatic carbocycles. The Kier molecular flexibility index (Phi) is 3.69. The summed E-state index contributed by atoms with van der Waals surface area (Å²) in [7, 11) is 0. The Balaban J connectivity index is 2.35. The summed E-state index contributed by atoms with van der Waals surface area (Å²) in [5.41, 5.74) is -0.409. The lowest BCUT2D eigenvalue weighted by molar-refractivity contribution is -0.148. The molecule has 1 N–H and O–H groups in total. The summed E-state index contributed by atoms with van der Waals surface area (Å²) in [6.45, 7) is 5.20. The van der Waals surface area contributed by atoms with Crippen molar-refractivity contribution < 1.29 is 14.6 Å². The molecule has 3 nitrogen and oxygen atoms in total. The molecular formula is C11H18O3. The molecule has 14 heavy (non-hydrogen) atoms. The van der Waals surface area contributed by atoms with Crippen molar-refractivity contribution in [3.8, 4) is 0 Å². The minimum Gasteiger partial charge on any atom is -0.459 e. The van der Waals surface area contributed by atoms with E-state index in [0.717, 1.165) is 32.1 Å². The van der Waals surface area contributed by atoms with E-state index in [1.165, 1.54) is 0 Å². The lowest BCUT2D eigenvalue weighted by Gasteiger charge is -2.31. The Bertz CT molecular complexity index is 227. The standard InChI is InChI=1S/C11H18O3/c1-9(2)10(12)14-8-11(13)6-4-3-5-7-11/h13H,1,3-8H2,2H3. The van der Waals surface area contributed by atoms with Crippen LogP contribution in [0.5, 0.6) is 0 Å². The molecule has 80 valence electrons. The van der Waals surface area contributed by atoms with E-state index in [-0.39, 0.29) is 6.61 Å². The van der Waals surface area contributed by atoms with E-state index >= 15 is 0 Å². The SMILES string of the molecule is C=C(C)C(=O)OCC1(O)CCCCC1. The van der Waals surface area contributed by atoms with Gasteiger partial charge in [-0.1, -0.05) is 25.8 Å². The molecule has 0 aromatic carbocycles. The second-order valence-electron chi connectivity index (χ2n) is 4.14. The number of aliphatic hydroxyl groups is 1. The topological polar surface area (TPSA) is 46.5 Å². The highest BCUT2D eigenvalue weighted by Crippen LogP contribution is 2.28. The Morgan fingerprint density at radius 3 is 2.50 bits per heavy atom. The van der Waals surface area contributed by atoms with Crippen LogP contribution in [0, 0.1) is 0 Å². The van der Waals surface area contributed by atoms with Gasteiger partial charge in [0, 0.05) is 5.57 Å². The van der Waals surface area contributed by atoms with Crippen LogP contribution in [0.4, 0.5) is 0 Å². The summed E-state index contributed by atoms with van der Waals surface area (Å²) in [6, 6.07) is 0. The van der Waals surface area contributed by atoms with Gasteiger partial charge in [0.25, 0.3) is 0 Å². The molecule has 0 aromatic heterocycles. The highest BCUT2D eigenvalue weighted by Gasteiger charge is 2.30. The zero-order chi connectivity index (χ0) is 10.6. The molecule has 0 aliphatic heterocycles. The molecule has 0 atom stereocenters. The van der Waals surface area contributed by atoms with Crippen LogP contribution in [0.1, 0.15) is 39.0 Å². The molecule has 1 saturated carbocycles. The first kappa shape index (κ1) is 11.2. The second kappa shape index (κ2) is 4.60. The normalized spacial score (nSPS) is 20.1. The number of rotatable bonds is 3. The molecule has 0 bridgehead atoms. The number of esters is 1. The molecule has 0 spiro atoms. The summed E-state index contributed by atoms with van der Waals surface area (Å²) >= 11 is 0. The van der Waals surface area contributed by atoms with E-state index in [9.17, 15) is 9.90 Å². The molecule has 3 heteroatoms. The van der Waals surface area contributed by atoms with Gasteiger partial charge in [0.15, 0.2) is 0 Å². The lowest BCUT2D eigenvalue weighted by atomic mass is 9.85. The molecule has 1 aliphatic rings. The number of carbonyl (C=O) groups excluding carboxylic acids is 1. The van der Waals surface area contributed by atoms with Gasteiger partial charge in [0.1, 0.15) is 6.61 Å². The van der Waals surface area contributed by atoms with Crippen LogP contribution in [0.25, 0.3) is 0 Å². The van der Waals surface area contributed by atoms with Crippen LogP contribution in [-0.4, -0.2) is 23.3 Å². The van der Waals surface area contributed by atoms with Crippen LogP contribution in [0.2, 0.25) is 0 Å². The van der Waals surface area contributed by atoms with E-state index in [4.69, 9.17) is 4.74 Å². The molecule has 0 unspecified atom stereocenters. The van der Waals surface area contributed by atoms with Crippen LogP contribution in [-0.2, 0) is 9.53 Å².